The number of hydrogen-bond donors (Lipinski definition) is 6. The van der Waals surface area contributed by atoms with Crippen molar-refractivity contribution in [3.8, 4) is 0 Å². The molecule has 0 aliphatic carbocycles. The van der Waals surface area contributed by atoms with E-state index in [9.17, 15) is 15.3 Å². The van der Waals surface area contributed by atoms with Gasteiger partial charge in [-0.05, 0) is 0 Å². The summed E-state index contributed by atoms with van der Waals surface area (Å²) in [5.41, 5.74) is 0. The lowest BCUT2D eigenvalue weighted by molar-refractivity contribution is -0.927. The Morgan fingerprint density at radius 2 is 1.09 bits per heavy atom. The Balaban J connectivity index is 4.09. The molecule has 0 radical (unpaired) electrons. The fourth-order valence-corrected chi connectivity index (χ4v) is 2.60. The minimum Gasteiger partial charge on any atom is -0.395 e. The molecule has 0 aliphatic heterocycles. The van der Waals surface area contributed by atoms with Crippen molar-refractivity contribution in [3.63, 3.8) is 0 Å². The van der Waals surface area contributed by atoms with Crippen molar-refractivity contribution in [3.05, 3.63) is 0 Å². The highest BCUT2D eigenvalue weighted by molar-refractivity contribution is 4.59. The van der Waals surface area contributed by atoms with Crippen LogP contribution in [0.4, 0.5) is 0 Å². The molecule has 0 aromatic heterocycles. The smallest absolute Gasteiger partial charge is 0.102 e. The standard InChI is InChI=1S/C14H34N3O5/c18-10-4-16(5-11-19)3-1-15-2-6-17(7-12-20,8-13-21)9-14-22/h15,18-22H,1-14H2/q+1. The van der Waals surface area contributed by atoms with Crippen molar-refractivity contribution in [2.45, 2.75) is 0 Å². The van der Waals surface area contributed by atoms with Crippen molar-refractivity contribution in [2.75, 3.05) is 91.9 Å². The van der Waals surface area contributed by atoms with E-state index in [4.69, 9.17) is 10.2 Å². The Hall–Kier alpha value is -0.320. The van der Waals surface area contributed by atoms with Crippen LogP contribution < -0.4 is 5.32 Å². The van der Waals surface area contributed by atoms with Crippen molar-refractivity contribution in [1.29, 1.82) is 0 Å². The lowest BCUT2D eigenvalue weighted by Gasteiger charge is -2.37. The van der Waals surface area contributed by atoms with E-state index in [0.717, 1.165) is 19.6 Å². The molecule has 22 heavy (non-hydrogen) atoms. The molecule has 0 amide bonds. The van der Waals surface area contributed by atoms with Gasteiger partial charge in [-0.15, -0.1) is 0 Å². The van der Waals surface area contributed by atoms with E-state index in [-0.39, 0.29) is 33.0 Å². The van der Waals surface area contributed by atoms with Crippen molar-refractivity contribution >= 4 is 0 Å². The fourth-order valence-electron chi connectivity index (χ4n) is 2.60. The van der Waals surface area contributed by atoms with E-state index in [1.165, 1.54) is 0 Å². The molecular weight excluding hydrogens is 290 g/mol. The van der Waals surface area contributed by atoms with Gasteiger partial charge in [-0.2, -0.15) is 0 Å². The average molecular weight is 324 g/mol. The highest BCUT2D eigenvalue weighted by Gasteiger charge is 2.25. The summed E-state index contributed by atoms with van der Waals surface area (Å²) >= 11 is 0. The number of hydrogen-bond acceptors (Lipinski definition) is 7. The maximum absolute atomic E-state index is 9.20. The van der Waals surface area contributed by atoms with Gasteiger partial charge in [0.25, 0.3) is 0 Å². The zero-order valence-electron chi connectivity index (χ0n) is 13.5. The average Bonchev–Trinajstić information content (AvgIpc) is 2.48. The number of quaternary nitrogens is 1. The molecule has 134 valence electrons. The molecule has 6 N–H and O–H groups in total. The molecule has 0 rings (SSSR count). The lowest BCUT2D eigenvalue weighted by atomic mass is 10.3. The lowest BCUT2D eigenvalue weighted by Crippen LogP contribution is -2.56. The van der Waals surface area contributed by atoms with Gasteiger partial charge in [-0.25, -0.2) is 0 Å². The largest absolute Gasteiger partial charge is 0.395 e. The molecule has 0 aromatic rings. The second-order valence-electron chi connectivity index (χ2n) is 5.45. The van der Waals surface area contributed by atoms with Crippen LogP contribution in [0.1, 0.15) is 0 Å². The molecule has 0 aliphatic rings. The third-order valence-electron chi connectivity index (χ3n) is 3.92. The zero-order valence-corrected chi connectivity index (χ0v) is 13.5. The summed E-state index contributed by atoms with van der Waals surface area (Å²) in [7, 11) is 0. The number of rotatable bonds is 16. The van der Waals surface area contributed by atoms with Crippen molar-refractivity contribution in [2.24, 2.45) is 0 Å². The fraction of sp³-hybridized carbons (Fsp3) is 1.00. The number of nitrogens with one attached hydrogen (secondary N) is 1. The van der Waals surface area contributed by atoms with Crippen LogP contribution in [-0.2, 0) is 0 Å². The maximum atomic E-state index is 9.20. The zero-order chi connectivity index (χ0) is 16.7. The van der Waals surface area contributed by atoms with Crippen molar-refractivity contribution < 1.29 is 30.0 Å². The second-order valence-corrected chi connectivity index (χ2v) is 5.45. The van der Waals surface area contributed by atoms with E-state index >= 15 is 0 Å². The van der Waals surface area contributed by atoms with E-state index in [1.54, 1.807) is 0 Å². The van der Waals surface area contributed by atoms with Crippen LogP contribution in [0.5, 0.6) is 0 Å². The van der Waals surface area contributed by atoms with Gasteiger partial charge in [-0.1, -0.05) is 0 Å². The number of nitrogens with zero attached hydrogens (tertiary/aromatic N) is 2. The number of aliphatic hydroxyl groups excluding tert-OH is 5. The van der Waals surface area contributed by atoms with Crippen LogP contribution in [0, 0.1) is 0 Å². The first-order valence-electron chi connectivity index (χ1n) is 8.00. The first-order chi connectivity index (χ1) is 10.7. The van der Waals surface area contributed by atoms with E-state index < -0.39 is 0 Å². The Morgan fingerprint density at radius 3 is 1.50 bits per heavy atom. The molecule has 0 saturated heterocycles. The topological polar surface area (TPSA) is 116 Å². The van der Waals surface area contributed by atoms with Gasteiger partial charge in [0.05, 0.1) is 39.6 Å². The predicted molar refractivity (Wildman–Crippen MR) is 84.5 cm³/mol. The molecular formula is C14H34N3O5+. The van der Waals surface area contributed by atoms with E-state index in [0.29, 0.717) is 43.8 Å². The van der Waals surface area contributed by atoms with Crippen LogP contribution in [0.2, 0.25) is 0 Å². The molecule has 0 spiro atoms. The summed E-state index contributed by atoms with van der Waals surface area (Å²) in [5.74, 6) is 0. The third-order valence-corrected chi connectivity index (χ3v) is 3.92. The first-order valence-corrected chi connectivity index (χ1v) is 8.00. The second kappa shape index (κ2) is 14.3. The Bertz CT molecular complexity index is 223. The molecule has 0 atom stereocenters. The van der Waals surface area contributed by atoms with Gasteiger partial charge in [0, 0.05) is 32.7 Å². The minimum absolute atomic E-state index is 0.0285. The monoisotopic (exact) mass is 324 g/mol. The summed E-state index contributed by atoms with van der Waals surface area (Å²) in [5, 5.41) is 48.7. The summed E-state index contributed by atoms with van der Waals surface area (Å²) in [4.78, 5) is 1.98. The SMILES string of the molecule is OCCN(CCO)CCNCC[N+](CCO)(CCO)CCO. The Kier molecular flexibility index (Phi) is 14.1. The highest BCUT2D eigenvalue weighted by atomic mass is 16.3. The molecule has 0 heterocycles. The van der Waals surface area contributed by atoms with Crippen LogP contribution in [0.15, 0.2) is 0 Å². The summed E-state index contributed by atoms with van der Waals surface area (Å²) in [6.07, 6.45) is 0. The highest BCUT2D eigenvalue weighted by Crippen LogP contribution is 2.04. The maximum Gasteiger partial charge on any atom is 0.102 e. The minimum atomic E-state index is 0.0285. The number of aliphatic hydroxyl groups is 5. The van der Waals surface area contributed by atoms with Gasteiger partial charge in [0.1, 0.15) is 19.6 Å². The van der Waals surface area contributed by atoms with Gasteiger partial charge in [0.2, 0.25) is 0 Å². The Morgan fingerprint density at radius 1 is 0.591 bits per heavy atom. The normalized spacial score (nSPS) is 12.3. The summed E-state index contributed by atoms with van der Waals surface area (Å²) < 4.78 is 0.494. The van der Waals surface area contributed by atoms with Crippen LogP contribution in [0.3, 0.4) is 0 Å². The van der Waals surface area contributed by atoms with Crippen molar-refractivity contribution in [1.82, 2.24) is 10.2 Å². The van der Waals surface area contributed by atoms with E-state index in [2.05, 4.69) is 5.32 Å². The Labute approximate surface area is 133 Å². The molecule has 8 heteroatoms. The third kappa shape index (κ3) is 9.65. The van der Waals surface area contributed by atoms with Gasteiger partial charge in [-0.3, -0.25) is 4.90 Å². The first kappa shape index (κ1) is 21.7. The van der Waals surface area contributed by atoms with Gasteiger partial charge in [0.15, 0.2) is 0 Å². The molecule has 0 unspecified atom stereocenters. The molecule has 0 saturated carbocycles. The predicted octanol–water partition coefficient (Wildman–Crippen LogP) is -3.34. The van der Waals surface area contributed by atoms with Gasteiger partial charge < -0.3 is 35.3 Å². The summed E-state index contributed by atoms with van der Waals surface area (Å²) in [6, 6.07) is 0. The van der Waals surface area contributed by atoms with E-state index in [1.807, 2.05) is 4.90 Å². The van der Waals surface area contributed by atoms with Gasteiger partial charge >= 0.3 is 0 Å². The quantitative estimate of drug-likeness (QED) is 0.130. The molecule has 0 bridgehead atoms. The van der Waals surface area contributed by atoms with Crippen LogP contribution in [0.25, 0.3) is 0 Å². The summed E-state index contributed by atoms with van der Waals surface area (Å²) in [6.45, 7) is 5.78. The van der Waals surface area contributed by atoms with Crippen LogP contribution >= 0.6 is 0 Å². The van der Waals surface area contributed by atoms with Crippen LogP contribution in [-0.4, -0.2) is 127 Å². The molecule has 0 aromatic carbocycles. The molecule has 0 fully saturated rings. The molecule has 8 nitrogen and oxygen atoms in total.